The Kier molecular flexibility index (Phi) is 2.18. The van der Waals surface area contributed by atoms with Gasteiger partial charge in [-0.3, -0.25) is 0 Å². The van der Waals surface area contributed by atoms with E-state index in [0.29, 0.717) is 0 Å². The normalized spacial score (nSPS) is 10.2. The fourth-order valence-corrected chi connectivity index (χ4v) is 0.673. The van der Waals surface area contributed by atoms with Gasteiger partial charge in [-0.2, -0.15) is 17.6 Å². The summed E-state index contributed by atoms with van der Waals surface area (Å²) in [7, 11) is 0. The summed E-state index contributed by atoms with van der Waals surface area (Å²) < 4.78 is 52.4. The van der Waals surface area contributed by atoms with Crippen molar-refractivity contribution in [1.29, 1.82) is 0 Å². The molecule has 0 aliphatic carbocycles. The third-order valence-corrected chi connectivity index (χ3v) is 1.28. The Labute approximate surface area is 68.1 Å². The maximum atomic E-state index is 12.4. The minimum Gasteiger partial charge on any atom is -0.503 e. The third kappa shape index (κ3) is 1.21. The molecule has 0 atom stereocenters. The molecule has 70 valence electrons. The van der Waals surface area contributed by atoms with Gasteiger partial charge in [0.25, 0.3) is 11.6 Å². The van der Waals surface area contributed by atoms with Crippen molar-refractivity contribution in [2.45, 2.75) is 0 Å². The maximum absolute atomic E-state index is 12.4. The van der Waals surface area contributed by atoms with Crippen molar-refractivity contribution in [2.75, 3.05) is 0 Å². The average molecular weight is 197 g/mol. The second-order valence-electron chi connectivity index (χ2n) is 2.02. The highest BCUT2D eigenvalue weighted by atomic mass is 19.2. The lowest BCUT2D eigenvalue weighted by atomic mass is 10.2. The van der Waals surface area contributed by atoms with Crippen LogP contribution in [0.3, 0.4) is 0 Å². The van der Waals surface area contributed by atoms with E-state index < -0.39 is 34.8 Å². The van der Waals surface area contributed by atoms with Crippen LogP contribution in [0.1, 0.15) is 0 Å². The van der Waals surface area contributed by atoms with E-state index in [0.717, 1.165) is 0 Å². The number of benzene rings is 1. The molecular formula is C6HF4O3+. The van der Waals surface area contributed by atoms with Gasteiger partial charge >= 0.3 is 5.75 Å². The average Bonchev–Trinajstić information content (AvgIpc) is 2.13. The van der Waals surface area contributed by atoms with Crippen LogP contribution in [0.2, 0.25) is 0 Å². The third-order valence-electron chi connectivity index (χ3n) is 1.28. The van der Waals surface area contributed by atoms with Crippen LogP contribution >= 0.6 is 0 Å². The van der Waals surface area contributed by atoms with Crippen molar-refractivity contribution in [3.63, 3.8) is 0 Å². The molecule has 0 fully saturated rings. The minimum absolute atomic E-state index is 1.76. The number of hydrogen-bond donors (Lipinski definition) is 1. The number of rotatable bonds is 1. The Bertz CT molecular complexity index is 348. The summed E-state index contributed by atoms with van der Waals surface area (Å²) in [5.74, 6) is -11.9. The van der Waals surface area contributed by atoms with Gasteiger partial charge in [-0.1, -0.05) is 0 Å². The van der Waals surface area contributed by atoms with Gasteiger partial charge in [-0.25, -0.2) is 0 Å². The molecule has 0 radical (unpaired) electrons. The predicted molar refractivity (Wildman–Crippen MR) is 34.1 cm³/mol. The molecule has 7 heteroatoms. The van der Waals surface area contributed by atoms with Gasteiger partial charge in [0.1, 0.15) is 0 Å². The van der Waals surface area contributed by atoms with Crippen LogP contribution < -0.4 is 0 Å². The molecule has 0 bridgehead atoms. The molecule has 3 nitrogen and oxygen atoms in total. The topological polar surface area (TPSA) is 48.6 Å². The van der Waals surface area contributed by atoms with Crippen LogP contribution in [0.25, 0.3) is 0 Å². The molecule has 1 aromatic carbocycles. The van der Waals surface area contributed by atoms with Crippen molar-refractivity contribution < 1.29 is 22.7 Å². The molecule has 1 aromatic rings. The van der Waals surface area contributed by atoms with Crippen LogP contribution in [-0.2, 0) is 0 Å². The summed E-state index contributed by atoms with van der Waals surface area (Å²) in [6.07, 6.45) is 0. The van der Waals surface area contributed by atoms with Gasteiger partial charge in [0.15, 0.2) is 5.75 Å². The smallest absolute Gasteiger partial charge is 0.503 e. The van der Waals surface area contributed by atoms with Crippen molar-refractivity contribution in [2.24, 2.45) is 0 Å². The second-order valence-corrected chi connectivity index (χ2v) is 2.02. The number of aromatic hydroxyl groups is 1. The van der Waals surface area contributed by atoms with Crippen LogP contribution in [0.15, 0.2) is 0 Å². The fourth-order valence-electron chi connectivity index (χ4n) is 0.673. The van der Waals surface area contributed by atoms with E-state index in [-0.39, 0.29) is 0 Å². The Hall–Kier alpha value is -1.66. The van der Waals surface area contributed by atoms with E-state index in [4.69, 9.17) is 5.11 Å². The van der Waals surface area contributed by atoms with Crippen LogP contribution in [0.5, 0.6) is 11.5 Å². The molecule has 0 spiro atoms. The van der Waals surface area contributed by atoms with E-state index in [9.17, 15) is 22.5 Å². The zero-order valence-corrected chi connectivity index (χ0v) is 5.78. The molecule has 1 N–H and O–H groups in total. The van der Waals surface area contributed by atoms with Gasteiger partial charge in [0, 0.05) is 0 Å². The van der Waals surface area contributed by atoms with Gasteiger partial charge in [-0.05, 0) is 0 Å². The number of phenolic OH excluding ortho intramolecular Hbond substituents is 1. The number of halogens is 4. The molecule has 0 aliphatic rings. The lowest BCUT2D eigenvalue weighted by molar-refractivity contribution is 0.358. The highest BCUT2D eigenvalue weighted by Gasteiger charge is 2.35. The van der Waals surface area contributed by atoms with Crippen LogP contribution in [-0.4, -0.2) is 5.11 Å². The lowest BCUT2D eigenvalue weighted by Crippen LogP contribution is -1.94. The van der Waals surface area contributed by atoms with Gasteiger partial charge < -0.3 is 5.11 Å². The van der Waals surface area contributed by atoms with Gasteiger partial charge in [0.05, 0.1) is 4.60 Å². The molecule has 0 saturated heterocycles. The molecule has 0 aliphatic heterocycles. The van der Waals surface area contributed by atoms with Crippen molar-refractivity contribution in [1.82, 2.24) is 0 Å². The first-order chi connectivity index (χ1) is 6.00. The molecule has 13 heavy (non-hydrogen) atoms. The van der Waals surface area contributed by atoms with Gasteiger partial charge in [-0.15, -0.1) is 0 Å². The first-order valence-corrected chi connectivity index (χ1v) is 2.85. The van der Waals surface area contributed by atoms with Crippen LogP contribution in [0, 0.1) is 32.8 Å². The van der Waals surface area contributed by atoms with Gasteiger partial charge in [0.2, 0.25) is 16.6 Å². The van der Waals surface area contributed by atoms with E-state index in [1.54, 1.807) is 0 Å². The Morgan fingerprint density at radius 2 is 1.31 bits per heavy atom. The second kappa shape index (κ2) is 3.00. The van der Waals surface area contributed by atoms with E-state index in [1.807, 2.05) is 0 Å². The first-order valence-electron chi connectivity index (χ1n) is 2.85. The largest absolute Gasteiger partial charge is 0.514 e. The SMILES string of the molecule is O=[O+]c1c(F)c(F)c(O)c(F)c1F. The summed E-state index contributed by atoms with van der Waals surface area (Å²) in [4.78, 5) is 9.59. The quantitative estimate of drug-likeness (QED) is 0.426. The zero-order chi connectivity index (χ0) is 10.2. The Morgan fingerprint density at radius 3 is 1.62 bits per heavy atom. The zero-order valence-electron chi connectivity index (χ0n) is 5.78. The summed E-state index contributed by atoms with van der Waals surface area (Å²) in [5, 5.41) is 8.40. The monoisotopic (exact) mass is 197 g/mol. The van der Waals surface area contributed by atoms with Crippen molar-refractivity contribution >= 4 is 0 Å². The summed E-state index contributed by atoms with van der Waals surface area (Å²) in [6, 6.07) is 0. The number of hydrogen-bond acceptors (Lipinski definition) is 2. The van der Waals surface area contributed by atoms with Crippen molar-refractivity contribution in [3.05, 3.63) is 32.8 Å². The Balaban J connectivity index is 3.66. The van der Waals surface area contributed by atoms with E-state index in [2.05, 4.69) is 4.60 Å². The van der Waals surface area contributed by atoms with Crippen molar-refractivity contribution in [3.8, 4) is 11.5 Å². The van der Waals surface area contributed by atoms with E-state index in [1.165, 1.54) is 0 Å². The predicted octanol–water partition coefficient (Wildman–Crippen LogP) is 2.28. The molecule has 0 amide bonds. The summed E-state index contributed by atoms with van der Waals surface area (Å²) >= 11 is 0. The molecule has 0 unspecified atom stereocenters. The standard InChI is InChI=1S/C6F4O3/c7-1-3(9)6(13-12)4(10)2(8)5(1)11/p+1. The highest BCUT2D eigenvalue weighted by Crippen LogP contribution is 2.34. The molecule has 0 aromatic heterocycles. The maximum Gasteiger partial charge on any atom is 0.514 e. The molecular weight excluding hydrogens is 196 g/mol. The highest BCUT2D eigenvalue weighted by molar-refractivity contribution is 5.45. The minimum atomic E-state index is -2.08. The molecule has 1 rings (SSSR count). The van der Waals surface area contributed by atoms with Crippen LogP contribution in [0.4, 0.5) is 17.6 Å². The fraction of sp³-hybridized carbons (Fsp3) is 0. The lowest BCUT2D eigenvalue weighted by Gasteiger charge is -1.95. The van der Waals surface area contributed by atoms with E-state index >= 15 is 0 Å². The first kappa shape index (κ1) is 9.43. The summed E-state index contributed by atoms with van der Waals surface area (Å²) in [6.45, 7) is 0. The molecule has 0 heterocycles. The molecule has 0 saturated carbocycles. The number of phenols is 1. The summed E-state index contributed by atoms with van der Waals surface area (Å²) in [5.41, 5.74) is 0. The Morgan fingerprint density at radius 1 is 0.923 bits per heavy atom.